The maximum Gasteiger partial charge on any atom is 0.305 e. The van der Waals surface area contributed by atoms with Gasteiger partial charge in [0.25, 0.3) is 0 Å². The second-order valence-corrected chi connectivity index (χ2v) is 5.39. The lowest BCUT2D eigenvalue weighted by molar-refractivity contribution is 0.343. The first kappa shape index (κ1) is 12.7. The highest BCUT2D eigenvalue weighted by atomic mass is 15.1. The summed E-state index contributed by atoms with van der Waals surface area (Å²) >= 11 is 0. The minimum absolute atomic E-state index is 0.355. The van der Waals surface area contributed by atoms with Crippen LogP contribution in [0.1, 0.15) is 24.8 Å². The van der Waals surface area contributed by atoms with Gasteiger partial charge in [-0.15, -0.1) is 0 Å². The summed E-state index contributed by atoms with van der Waals surface area (Å²) in [4.78, 5) is 7.93. The van der Waals surface area contributed by atoms with Crippen molar-refractivity contribution in [3.05, 3.63) is 59.7 Å². The maximum atomic E-state index is 7.32. The van der Waals surface area contributed by atoms with Gasteiger partial charge in [-0.05, 0) is 42.7 Å². The molecule has 20 heavy (non-hydrogen) atoms. The third-order valence-corrected chi connectivity index (χ3v) is 4.01. The van der Waals surface area contributed by atoms with Gasteiger partial charge in [-0.2, -0.15) is 0 Å². The molecule has 0 spiro atoms. The molecule has 2 aromatic rings. The number of anilines is 1. The van der Waals surface area contributed by atoms with Crippen LogP contribution in [-0.4, -0.2) is 10.6 Å². The number of aromatic nitrogens is 1. The van der Waals surface area contributed by atoms with Gasteiger partial charge in [-0.1, -0.05) is 12.1 Å². The molecule has 1 saturated carbocycles. The molecule has 0 atom stereocenters. The SMILES string of the molecule is [C-]#[N+]C1(Nc2ccc(-c3cnccc3C)cc2)CCC1. The zero-order valence-electron chi connectivity index (χ0n) is 11.6. The van der Waals surface area contributed by atoms with E-state index in [1.54, 1.807) is 0 Å². The summed E-state index contributed by atoms with van der Waals surface area (Å²) in [6.07, 6.45) is 6.73. The molecule has 100 valence electrons. The van der Waals surface area contributed by atoms with Crippen molar-refractivity contribution in [3.63, 3.8) is 0 Å². The molecule has 1 aromatic heterocycles. The van der Waals surface area contributed by atoms with E-state index in [0.717, 1.165) is 36.1 Å². The molecule has 0 aliphatic heterocycles. The Bertz CT molecular complexity index is 649. The van der Waals surface area contributed by atoms with Gasteiger partial charge in [0.2, 0.25) is 0 Å². The minimum Gasteiger partial charge on any atom is -0.314 e. The molecule has 0 bridgehead atoms. The molecular formula is C17H17N3. The summed E-state index contributed by atoms with van der Waals surface area (Å²) in [5.41, 5.74) is 4.20. The molecule has 0 amide bonds. The number of hydrogen-bond acceptors (Lipinski definition) is 2. The van der Waals surface area contributed by atoms with E-state index in [0.29, 0.717) is 0 Å². The highest BCUT2D eigenvalue weighted by molar-refractivity contribution is 5.68. The van der Waals surface area contributed by atoms with Crippen LogP contribution in [0.3, 0.4) is 0 Å². The van der Waals surface area contributed by atoms with Crippen molar-refractivity contribution in [2.75, 3.05) is 5.32 Å². The molecule has 3 rings (SSSR count). The fraction of sp³-hybridized carbons (Fsp3) is 0.294. The Hall–Kier alpha value is -2.34. The fourth-order valence-electron chi connectivity index (χ4n) is 2.54. The molecule has 1 aromatic carbocycles. The first-order valence-electron chi connectivity index (χ1n) is 6.90. The van der Waals surface area contributed by atoms with E-state index < -0.39 is 0 Å². The number of hydrogen-bond donors (Lipinski definition) is 1. The smallest absolute Gasteiger partial charge is 0.305 e. The molecule has 0 unspecified atom stereocenters. The van der Waals surface area contributed by atoms with Crippen molar-refractivity contribution in [1.29, 1.82) is 0 Å². The summed E-state index contributed by atoms with van der Waals surface area (Å²) in [6, 6.07) is 10.3. The first-order chi connectivity index (χ1) is 9.72. The van der Waals surface area contributed by atoms with Crippen LogP contribution in [-0.2, 0) is 0 Å². The Morgan fingerprint density at radius 3 is 2.50 bits per heavy atom. The Kier molecular flexibility index (Phi) is 3.15. The number of nitrogens with zero attached hydrogens (tertiary/aromatic N) is 2. The summed E-state index contributed by atoms with van der Waals surface area (Å²) in [6.45, 7) is 9.41. The average molecular weight is 263 g/mol. The number of nitrogens with one attached hydrogen (secondary N) is 1. The molecule has 0 saturated heterocycles. The van der Waals surface area contributed by atoms with E-state index in [1.807, 2.05) is 30.6 Å². The van der Waals surface area contributed by atoms with Gasteiger partial charge in [-0.25, -0.2) is 6.57 Å². The van der Waals surface area contributed by atoms with Gasteiger partial charge in [0.1, 0.15) is 0 Å². The Labute approximate surface area is 119 Å². The van der Waals surface area contributed by atoms with Gasteiger partial charge >= 0.3 is 5.66 Å². The lowest BCUT2D eigenvalue weighted by Gasteiger charge is -2.31. The molecule has 3 heteroatoms. The zero-order valence-corrected chi connectivity index (χ0v) is 11.6. The predicted octanol–water partition coefficient (Wildman–Crippen LogP) is 4.27. The Balaban J connectivity index is 1.82. The largest absolute Gasteiger partial charge is 0.314 e. The van der Waals surface area contributed by atoms with Crippen molar-refractivity contribution in [2.24, 2.45) is 0 Å². The summed E-state index contributed by atoms with van der Waals surface area (Å²) < 4.78 is 0. The predicted molar refractivity (Wildman–Crippen MR) is 81.2 cm³/mol. The molecule has 0 radical (unpaired) electrons. The van der Waals surface area contributed by atoms with Crippen LogP contribution in [0.15, 0.2) is 42.7 Å². The normalized spacial score (nSPS) is 16.0. The van der Waals surface area contributed by atoms with Crippen LogP contribution in [0.4, 0.5) is 5.69 Å². The van der Waals surface area contributed by atoms with E-state index >= 15 is 0 Å². The number of rotatable bonds is 3. The van der Waals surface area contributed by atoms with Gasteiger partial charge in [0, 0.05) is 36.5 Å². The van der Waals surface area contributed by atoms with E-state index in [2.05, 4.69) is 34.2 Å². The van der Waals surface area contributed by atoms with Crippen LogP contribution in [0, 0.1) is 13.5 Å². The van der Waals surface area contributed by atoms with E-state index in [1.165, 1.54) is 5.56 Å². The van der Waals surface area contributed by atoms with Gasteiger partial charge < -0.3 is 5.32 Å². The average Bonchev–Trinajstić information content (AvgIpc) is 2.44. The lowest BCUT2D eigenvalue weighted by Crippen LogP contribution is -2.41. The van der Waals surface area contributed by atoms with Gasteiger partial charge in [0.05, 0.1) is 0 Å². The van der Waals surface area contributed by atoms with E-state index in [4.69, 9.17) is 6.57 Å². The summed E-state index contributed by atoms with van der Waals surface area (Å²) in [7, 11) is 0. The molecule has 3 nitrogen and oxygen atoms in total. The summed E-state index contributed by atoms with van der Waals surface area (Å²) in [5.74, 6) is 0. The second kappa shape index (κ2) is 4.97. The highest BCUT2D eigenvalue weighted by Crippen LogP contribution is 2.37. The first-order valence-corrected chi connectivity index (χ1v) is 6.90. The van der Waals surface area contributed by atoms with Crippen molar-refractivity contribution >= 4 is 5.69 Å². The van der Waals surface area contributed by atoms with Gasteiger partial charge in [-0.3, -0.25) is 9.83 Å². The quantitative estimate of drug-likeness (QED) is 0.838. The third kappa shape index (κ3) is 2.25. The lowest BCUT2D eigenvalue weighted by atomic mass is 9.85. The molecule has 1 aliphatic rings. The van der Waals surface area contributed by atoms with Crippen LogP contribution < -0.4 is 5.32 Å². The molecule has 1 N–H and O–H groups in total. The minimum atomic E-state index is -0.355. The van der Waals surface area contributed by atoms with Crippen LogP contribution in [0.2, 0.25) is 0 Å². The summed E-state index contributed by atoms with van der Waals surface area (Å²) in [5, 5.41) is 3.37. The number of aryl methyl sites for hydroxylation is 1. The molecule has 1 fully saturated rings. The van der Waals surface area contributed by atoms with E-state index in [9.17, 15) is 0 Å². The van der Waals surface area contributed by atoms with Crippen LogP contribution in [0.5, 0.6) is 0 Å². The zero-order chi connectivity index (χ0) is 14.0. The van der Waals surface area contributed by atoms with Crippen molar-refractivity contribution in [1.82, 2.24) is 4.98 Å². The topological polar surface area (TPSA) is 29.3 Å². The fourth-order valence-corrected chi connectivity index (χ4v) is 2.54. The maximum absolute atomic E-state index is 7.32. The van der Waals surface area contributed by atoms with Crippen LogP contribution >= 0.6 is 0 Å². The van der Waals surface area contributed by atoms with Crippen molar-refractivity contribution in [3.8, 4) is 11.1 Å². The standard InChI is InChI=1S/C17H17N3/c1-13-8-11-19-12-16(13)14-4-6-15(7-5-14)20-17(18-2)9-3-10-17/h4-8,11-12,20H,3,9-10H2,1H3. The molecule has 1 aliphatic carbocycles. The van der Waals surface area contributed by atoms with Gasteiger partial charge in [0.15, 0.2) is 0 Å². The van der Waals surface area contributed by atoms with Crippen molar-refractivity contribution < 1.29 is 0 Å². The number of pyridine rings is 1. The Morgan fingerprint density at radius 2 is 1.95 bits per heavy atom. The second-order valence-electron chi connectivity index (χ2n) is 5.39. The Morgan fingerprint density at radius 1 is 1.20 bits per heavy atom. The number of benzene rings is 1. The third-order valence-electron chi connectivity index (χ3n) is 4.01. The monoisotopic (exact) mass is 263 g/mol. The van der Waals surface area contributed by atoms with E-state index in [-0.39, 0.29) is 5.66 Å². The van der Waals surface area contributed by atoms with Crippen molar-refractivity contribution in [2.45, 2.75) is 31.8 Å². The van der Waals surface area contributed by atoms with Crippen LogP contribution in [0.25, 0.3) is 16.0 Å². The highest BCUT2D eigenvalue weighted by Gasteiger charge is 2.43. The molecule has 1 heterocycles. The molecular weight excluding hydrogens is 246 g/mol.